The average Bonchev–Trinajstić information content (AvgIpc) is 3.24. The minimum Gasteiger partial charge on any atom is -0.397 e. The van der Waals surface area contributed by atoms with Crippen molar-refractivity contribution in [3.05, 3.63) is 59.9 Å². The Labute approximate surface area is 116 Å². The number of anilines is 2. The molecule has 1 amide bonds. The van der Waals surface area contributed by atoms with E-state index in [1.165, 1.54) is 12.1 Å². The second-order valence-corrected chi connectivity index (χ2v) is 5.13. The van der Waals surface area contributed by atoms with Gasteiger partial charge in [-0.3, -0.25) is 4.79 Å². The SMILES string of the molecule is Nc1ccccc1NC(=O)C1(c2ccc(F)cc2)CC1. The van der Waals surface area contributed by atoms with E-state index in [4.69, 9.17) is 5.73 Å². The predicted molar refractivity (Wildman–Crippen MR) is 76.8 cm³/mol. The van der Waals surface area contributed by atoms with Gasteiger partial charge in [0.1, 0.15) is 5.82 Å². The van der Waals surface area contributed by atoms with Crippen LogP contribution >= 0.6 is 0 Å². The first-order chi connectivity index (χ1) is 9.62. The summed E-state index contributed by atoms with van der Waals surface area (Å²) in [6.45, 7) is 0. The fraction of sp³-hybridized carbons (Fsp3) is 0.188. The van der Waals surface area contributed by atoms with Gasteiger partial charge >= 0.3 is 0 Å². The molecular formula is C16H15FN2O. The Bertz CT molecular complexity index is 648. The van der Waals surface area contributed by atoms with Crippen molar-refractivity contribution in [2.45, 2.75) is 18.3 Å². The van der Waals surface area contributed by atoms with Gasteiger partial charge in [0.2, 0.25) is 5.91 Å². The number of rotatable bonds is 3. The summed E-state index contributed by atoms with van der Waals surface area (Å²) in [6, 6.07) is 13.3. The molecule has 3 nitrogen and oxygen atoms in total. The van der Waals surface area contributed by atoms with E-state index in [9.17, 15) is 9.18 Å². The van der Waals surface area contributed by atoms with Crippen molar-refractivity contribution in [3.63, 3.8) is 0 Å². The number of carbonyl (C=O) groups excluding carboxylic acids is 1. The minimum atomic E-state index is -0.532. The lowest BCUT2D eigenvalue weighted by Gasteiger charge is -2.16. The fourth-order valence-corrected chi connectivity index (χ4v) is 2.39. The smallest absolute Gasteiger partial charge is 0.235 e. The minimum absolute atomic E-state index is 0.0815. The molecule has 0 heterocycles. The van der Waals surface area contributed by atoms with Gasteiger partial charge in [-0.25, -0.2) is 4.39 Å². The molecule has 1 aliphatic rings. The largest absolute Gasteiger partial charge is 0.397 e. The topological polar surface area (TPSA) is 55.1 Å². The van der Waals surface area contributed by atoms with E-state index in [2.05, 4.69) is 5.32 Å². The van der Waals surface area contributed by atoms with Gasteiger partial charge < -0.3 is 11.1 Å². The van der Waals surface area contributed by atoms with Crippen LogP contribution in [0.3, 0.4) is 0 Å². The summed E-state index contributed by atoms with van der Waals surface area (Å²) in [5.41, 5.74) is 7.30. The van der Waals surface area contributed by atoms with Gasteiger partial charge in [-0.1, -0.05) is 24.3 Å². The van der Waals surface area contributed by atoms with Crippen molar-refractivity contribution in [2.24, 2.45) is 0 Å². The molecule has 2 aromatic carbocycles. The molecule has 102 valence electrons. The summed E-state index contributed by atoms with van der Waals surface area (Å²) in [4.78, 5) is 12.5. The van der Waals surface area contributed by atoms with E-state index in [0.29, 0.717) is 11.4 Å². The lowest BCUT2D eigenvalue weighted by molar-refractivity contribution is -0.118. The van der Waals surface area contributed by atoms with E-state index >= 15 is 0 Å². The molecule has 20 heavy (non-hydrogen) atoms. The van der Waals surface area contributed by atoms with Crippen molar-refractivity contribution in [1.82, 2.24) is 0 Å². The monoisotopic (exact) mass is 270 g/mol. The van der Waals surface area contributed by atoms with Gasteiger partial charge in [-0.2, -0.15) is 0 Å². The lowest BCUT2D eigenvalue weighted by atomic mass is 9.95. The first-order valence-electron chi connectivity index (χ1n) is 6.54. The van der Waals surface area contributed by atoms with Crippen LogP contribution in [0, 0.1) is 5.82 Å². The van der Waals surface area contributed by atoms with Gasteiger partial charge in [0, 0.05) is 0 Å². The Morgan fingerprint density at radius 1 is 1.10 bits per heavy atom. The van der Waals surface area contributed by atoms with Gasteiger partial charge in [0.15, 0.2) is 0 Å². The third kappa shape index (κ3) is 2.13. The Balaban J connectivity index is 1.84. The molecule has 0 saturated heterocycles. The third-order valence-corrected chi connectivity index (χ3v) is 3.79. The number of nitrogen functional groups attached to an aromatic ring is 1. The molecule has 4 heteroatoms. The molecule has 0 atom stereocenters. The molecule has 0 aromatic heterocycles. The molecular weight excluding hydrogens is 255 g/mol. The van der Waals surface area contributed by atoms with E-state index in [1.807, 2.05) is 12.1 Å². The highest BCUT2D eigenvalue weighted by atomic mass is 19.1. The second kappa shape index (κ2) is 4.63. The van der Waals surface area contributed by atoms with Crippen LogP contribution in [0.5, 0.6) is 0 Å². The number of para-hydroxylation sites is 2. The van der Waals surface area contributed by atoms with Crippen LogP contribution in [0.1, 0.15) is 18.4 Å². The van der Waals surface area contributed by atoms with Crippen LogP contribution in [-0.4, -0.2) is 5.91 Å². The molecule has 1 fully saturated rings. The number of benzene rings is 2. The molecule has 3 rings (SSSR count). The molecule has 0 aliphatic heterocycles. The zero-order valence-electron chi connectivity index (χ0n) is 10.9. The summed E-state index contributed by atoms with van der Waals surface area (Å²) in [5.74, 6) is -0.376. The number of halogens is 1. The van der Waals surface area contributed by atoms with Gasteiger partial charge in [0.05, 0.1) is 16.8 Å². The summed E-state index contributed by atoms with van der Waals surface area (Å²) < 4.78 is 13.0. The average molecular weight is 270 g/mol. The van der Waals surface area contributed by atoms with E-state index in [1.54, 1.807) is 24.3 Å². The van der Waals surface area contributed by atoms with E-state index < -0.39 is 5.41 Å². The second-order valence-electron chi connectivity index (χ2n) is 5.13. The fourth-order valence-electron chi connectivity index (χ4n) is 2.39. The highest BCUT2D eigenvalue weighted by Crippen LogP contribution is 2.49. The molecule has 3 N–H and O–H groups in total. The molecule has 1 saturated carbocycles. The van der Waals surface area contributed by atoms with Crippen molar-refractivity contribution < 1.29 is 9.18 Å². The first kappa shape index (κ1) is 12.7. The number of nitrogens with one attached hydrogen (secondary N) is 1. The number of hydrogen-bond acceptors (Lipinski definition) is 2. The van der Waals surface area contributed by atoms with E-state index in [0.717, 1.165) is 18.4 Å². The molecule has 2 aromatic rings. The number of hydrogen-bond donors (Lipinski definition) is 2. The van der Waals surface area contributed by atoms with Crippen molar-refractivity contribution in [3.8, 4) is 0 Å². The standard InChI is InChI=1S/C16H15FN2O/c17-12-7-5-11(6-8-12)16(9-10-16)15(20)19-14-4-2-1-3-13(14)18/h1-8H,9-10,18H2,(H,19,20). The maximum absolute atomic E-state index is 13.0. The van der Waals surface area contributed by atoms with Crippen LogP contribution in [-0.2, 0) is 10.2 Å². The highest BCUT2D eigenvalue weighted by Gasteiger charge is 2.51. The maximum Gasteiger partial charge on any atom is 0.235 e. The van der Waals surface area contributed by atoms with Crippen LogP contribution < -0.4 is 11.1 Å². The third-order valence-electron chi connectivity index (χ3n) is 3.79. The molecule has 0 spiro atoms. The zero-order valence-corrected chi connectivity index (χ0v) is 10.9. The van der Waals surface area contributed by atoms with E-state index in [-0.39, 0.29) is 11.7 Å². The van der Waals surface area contributed by atoms with Crippen LogP contribution in [0.2, 0.25) is 0 Å². The summed E-state index contributed by atoms with van der Waals surface area (Å²) >= 11 is 0. The Hall–Kier alpha value is -2.36. The number of carbonyl (C=O) groups is 1. The van der Waals surface area contributed by atoms with Crippen LogP contribution in [0.25, 0.3) is 0 Å². The molecule has 1 aliphatic carbocycles. The van der Waals surface area contributed by atoms with Crippen molar-refractivity contribution >= 4 is 17.3 Å². The first-order valence-corrected chi connectivity index (χ1v) is 6.54. The van der Waals surface area contributed by atoms with Crippen molar-refractivity contribution in [2.75, 3.05) is 11.1 Å². The van der Waals surface area contributed by atoms with Gasteiger partial charge in [0.25, 0.3) is 0 Å². The Morgan fingerprint density at radius 3 is 2.35 bits per heavy atom. The molecule has 0 radical (unpaired) electrons. The van der Waals surface area contributed by atoms with Crippen molar-refractivity contribution in [1.29, 1.82) is 0 Å². The highest BCUT2D eigenvalue weighted by molar-refractivity contribution is 6.03. The summed E-state index contributed by atoms with van der Waals surface area (Å²) in [5, 5.41) is 2.87. The normalized spacial score (nSPS) is 15.7. The predicted octanol–water partition coefficient (Wildman–Crippen LogP) is 3.08. The Morgan fingerprint density at radius 2 is 1.75 bits per heavy atom. The van der Waals surface area contributed by atoms with Gasteiger partial charge in [-0.15, -0.1) is 0 Å². The van der Waals surface area contributed by atoms with Crippen LogP contribution in [0.4, 0.5) is 15.8 Å². The Kier molecular flexibility index (Phi) is 2.93. The number of amides is 1. The van der Waals surface area contributed by atoms with Crippen LogP contribution in [0.15, 0.2) is 48.5 Å². The summed E-state index contributed by atoms with van der Waals surface area (Å²) in [7, 11) is 0. The molecule has 0 bridgehead atoms. The molecule has 0 unspecified atom stereocenters. The quantitative estimate of drug-likeness (QED) is 0.842. The maximum atomic E-state index is 13.0. The zero-order chi connectivity index (χ0) is 14.2. The van der Waals surface area contributed by atoms with Gasteiger partial charge in [-0.05, 0) is 42.7 Å². The summed E-state index contributed by atoms with van der Waals surface area (Å²) in [6.07, 6.45) is 1.55. The lowest BCUT2D eigenvalue weighted by Crippen LogP contribution is -2.28. The number of nitrogens with two attached hydrogens (primary N) is 1.